The number of carbonyl (C=O) groups is 1. The number of nitrogens with two attached hydrogens (primary N) is 1. The lowest BCUT2D eigenvalue weighted by atomic mass is 9.96. The van der Waals surface area contributed by atoms with Crippen LogP contribution >= 0.6 is 0 Å². The normalized spacial score (nSPS) is 23.6. The molecule has 1 heterocycles. The van der Waals surface area contributed by atoms with Gasteiger partial charge in [0.1, 0.15) is 0 Å². The van der Waals surface area contributed by atoms with Gasteiger partial charge in [-0.3, -0.25) is 4.79 Å². The van der Waals surface area contributed by atoms with Gasteiger partial charge < -0.3 is 15.7 Å². The number of carbonyl (C=O) groups excluding carboxylic acids is 1. The number of nitrogens with zero attached hydrogens (tertiary/aromatic N) is 1. The fourth-order valence-electron chi connectivity index (χ4n) is 2.22. The average molecular weight is 228 g/mol. The Kier molecular flexibility index (Phi) is 5.22. The monoisotopic (exact) mass is 228 g/mol. The topological polar surface area (TPSA) is 66.6 Å². The fraction of sp³-hybridized carbons (Fsp3) is 0.917. The van der Waals surface area contributed by atoms with E-state index in [1.807, 2.05) is 18.7 Å². The molecule has 1 amide bonds. The van der Waals surface area contributed by atoms with Gasteiger partial charge in [0.15, 0.2) is 0 Å². The van der Waals surface area contributed by atoms with Gasteiger partial charge in [-0.1, -0.05) is 13.8 Å². The Hall–Kier alpha value is -0.610. The first kappa shape index (κ1) is 13.5. The molecule has 2 unspecified atom stereocenters. The highest BCUT2D eigenvalue weighted by Gasteiger charge is 2.30. The van der Waals surface area contributed by atoms with Gasteiger partial charge in [-0.15, -0.1) is 0 Å². The number of amides is 1. The summed E-state index contributed by atoms with van der Waals surface area (Å²) in [6.07, 6.45) is 3.87. The number of likely N-dealkylation sites (tertiary alicyclic amines) is 1. The molecule has 0 aromatic carbocycles. The maximum Gasteiger partial charge on any atom is 0.239 e. The lowest BCUT2D eigenvalue weighted by Crippen LogP contribution is -2.52. The highest BCUT2D eigenvalue weighted by molar-refractivity contribution is 5.82. The highest BCUT2D eigenvalue weighted by atomic mass is 16.3. The van der Waals surface area contributed by atoms with E-state index in [1.165, 1.54) is 0 Å². The van der Waals surface area contributed by atoms with Crippen molar-refractivity contribution in [3.8, 4) is 0 Å². The van der Waals surface area contributed by atoms with Crippen LogP contribution in [0.15, 0.2) is 0 Å². The van der Waals surface area contributed by atoms with E-state index in [9.17, 15) is 4.79 Å². The first-order valence-electron chi connectivity index (χ1n) is 6.24. The van der Waals surface area contributed by atoms with Crippen LogP contribution in [0.3, 0.4) is 0 Å². The second-order valence-corrected chi connectivity index (χ2v) is 4.96. The molecule has 0 aromatic heterocycles. The van der Waals surface area contributed by atoms with E-state index in [0.29, 0.717) is 6.42 Å². The summed E-state index contributed by atoms with van der Waals surface area (Å²) in [5.41, 5.74) is 5.90. The minimum atomic E-state index is -0.403. The van der Waals surface area contributed by atoms with Crippen molar-refractivity contribution in [3.63, 3.8) is 0 Å². The molecule has 0 aliphatic carbocycles. The predicted molar refractivity (Wildman–Crippen MR) is 63.9 cm³/mol. The van der Waals surface area contributed by atoms with E-state index in [1.54, 1.807) is 0 Å². The van der Waals surface area contributed by atoms with Crippen LogP contribution in [0.4, 0.5) is 0 Å². The summed E-state index contributed by atoms with van der Waals surface area (Å²) in [6, 6.07) is -0.213. The molecule has 0 bridgehead atoms. The molecule has 1 rings (SSSR count). The van der Waals surface area contributed by atoms with Crippen molar-refractivity contribution in [3.05, 3.63) is 0 Å². The molecule has 1 saturated heterocycles. The molecule has 3 N–H and O–H groups in total. The summed E-state index contributed by atoms with van der Waals surface area (Å²) in [7, 11) is 0. The number of hydrogen-bond acceptors (Lipinski definition) is 3. The SMILES string of the molecule is CC(C)C(N)C(=O)N1CCCCC1CCO. The van der Waals surface area contributed by atoms with Crippen LogP contribution in [0.5, 0.6) is 0 Å². The van der Waals surface area contributed by atoms with E-state index in [4.69, 9.17) is 10.8 Å². The standard InChI is InChI=1S/C12H24N2O2/c1-9(2)11(13)12(16)14-7-4-3-5-10(14)6-8-15/h9-11,15H,3-8,13H2,1-2H3. The van der Waals surface area contributed by atoms with Crippen LogP contribution in [0, 0.1) is 5.92 Å². The third-order valence-electron chi connectivity index (χ3n) is 3.38. The molecule has 1 fully saturated rings. The van der Waals surface area contributed by atoms with Crippen LogP contribution in [0.2, 0.25) is 0 Å². The molecule has 2 atom stereocenters. The van der Waals surface area contributed by atoms with Crippen LogP contribution in [0.25, 0.3) is 0 Å². The summed E-state index contributed by atoms with van der Waals surface area (Å²) in [6.45, 7) is 4.87. The largest absolute Gasteiger partial charge is 0.396 e. The van der Waals surface area contributed by atoms with Crippen molar-refractivity contribution in [2.75, 3.05) is 13.2 Å². The highest BCUT2D eigenvalue weighted by Crippen LogP contribution is 2.21. The van der Waals surface area contributed by atoms with Crippen molar-refractivity contribution in [1.29, 1.82) is 0 Å². The lowest BCUT2D eigenvalue weighted by Gasteiger charge is -2.37. The Morgan fingerprint density at radius 3 is 2.75 bits per heavy atom. The molecule has 1 aliphatic rings. The Morgan fingerprint density at radius 2 is 2.19 bits per heavy atom. The number of aliphatic hydroxyl groups is 1. The van der Waals surface area contributed by atoms with Gasteiger partial charge in [-0.05, 0) is 31.6 Å². The van der Waals surface area contributed by atoms with Crippen LogP contribution < -0.4 is 5.73 Å². The van der Waals surface area contributed by atoms with Gasteiger partial charge in [0.2, 0.25) is 5.91 Å². The zero-order valence-electron chi connectivity index (χ0n) is 10.4. The second kappa shape index (κ2) is 6.21. The summed E-state index contributed by atoms with van der Waals surface area (Å²) in [4.78, 5) is 14.0. The number of rotatable bonds is 4. The van der Waals surface area contributed by atoms with Crippen molar-refractivity contribution in [2.24, 2.45) is 11.7 Å². The predicted octanol–water partition coefficient (Wildman–Crippen LogP) is 0.733. The Morgan fingerprint density at radius 1 is 1.50 bits per heavy atom. The van der Waals surface area contributed by atoms with Gasteiger partial charge in [0.05, 0.1) is 6.04 Å². The third kappa shape index (κ3) is 3.19. The average Bonchev–Trinajstić information content (AvgIpc) is 2.28. The van der Waals surface area contributed by atoms with Gasteiger partial charge in [-0.25, -0.2) is 0 Å². The molecule has 0 aromatic rings. The second-order valence-electron chi connectivity index (χ2n) is 4.96. The van der Waals surface area contributed by atoms with Crippen LogP contribution in [0.1, 0.15) is 39.5 Å². The van der Waals surface area contributed by atoms with E-state index in [-0.39, 0.29) is 24.5 Å². The maximum atomic E-state index is 12.1. The van der Waals surface area contributed by atoms with Crippen LogP contribution in [-0.4, -0.2) is 41.1 Å². The number of aliphatic hydroxyl groups excluding tert-OH is 1. The first-order chi connectivity index (χ1) is 7.57. The van der Waals surface area contributed by atoms with E-state index < -0.39 is 6.04 Å². The quantitative estimate of drug-likeness (QED) is 0.745. The van der Waals surface area contributed by atoms with E-state index >= 15 is 0 Å². The smallest absolute Gasteiger partial charge is 0.239 e. The van der Waals surface area contributed by atoms with Crippen molar-refractivity contribution >= 4 is 5.91 Å². The van der Waals surface area contributed by atoms with Gasteiger partial charge in [0, 0.05) is 19.2 Å². The van der Waals surface area contributed by atoms with Gasteiger partial charge in [0.25, 0.3) is 0 Å². The van der Waals surface area contributed by atoms with E-state index in [2.05, 4.69) is 0 Å². The molecule has 4 heteroatoms. The minimum absolute atomic E-state index is 0.0492. The molecule has 1 aliphatic heterocycles. The minimum Gasteiger partial charge on any atom is -0.396 e. The molecule has 16 heavy (non-hydrogen) atoms. The molecular weight excluding hydrogens is 204 g/mol. The molecule has 4 nitrogen and oxygen atoms in total. The summed E-state index contributed by atoms with van der Waals surface area (Å²) >= 11 is 0. The van der Waals surface area contributed by atoms with Crippen molar-refractivity contribution in [2.45, 2.75) is 51.6 Å². The zero-order chi connectivity index (χ0) is 12.1. The molecule has 0 radical (unpaired) electrons. The number of hydrogen-bond donors (Lipinski definition) is 2. The Balaban J connectivity index is 2.63. The lowest BCUT2D eigenvalue weighted by molar-refractivity contribution is -0.137. The fourth-order valence-corrected chi connectivity index (χ4v) is 2.22. The number of piperidine rings is 1. The van der Waals surface area contributed by atoms with Crippen molar-refractivity contribution in [1.82, 2.24) is 4.90 Å². The van der Waals surface area contributed by atoms with Gasteiger partial charge >= 0.3 is 0 Å². The summed E-state index contributed by atoms with van der Waals surface area (Å²) in [5, 5.41) is 9.00. The Labute approximate surface area is 97.8 Å². The maximum absolute atomic E-state index is 12.1. The Bertz CT molecular complexity index is 229. The van der Waals surface area contributed by atoms with E-state index in [0.717, 1.165) is 25.8 Å². The molecule has 94 valence electrons. The molecule has 0 saturated carbocycles. The zero-order valence-corrected chi connectivity index (χ0v) is 10.4. The summed E-state index contributed by atoms with van der Waals surface area (Å²) < 4.78 is 0. The molecule has 0 spiro atoms. The summed E-state index contributed by atoms with van der Waals surface area (Å²) in [5.74, 6) is 0.220. The molecular formula is C12H24N2O2. The first-order valence-corrected chi connectivity index (χ1v) is 6.24. The van der Waals surface area contributed by atoms with Gasteiger partial charge in [-0.2, -0.15) is 0 Å². The third-order valence-corrected chi connectivity index (χ3v) is 3.38. The van der Waals surface area contributed by atoms with Crippen molar-refractivity contribution < 1.29 is 9.90 Å². The van der Waals surface area contributed by atoms with Crippen LogP contribution in [-0.2, 0) is 4.79 Å².